The molecule has 108 valence electrons. The van der Waals surface area contributed by atoms with Crippen LogP contribution < -0.4 is 10.5 Å². The summed E-state index contributed by atoms with van der Waals surface area (Å²) < 4.78 is 40.0. The van der Waals surface area contributed by atoms with Gasteiger partial charge in [0.15, 0.2) is 0 Å². The van der Waals surface area contributed by atoms with Crippen molar-refractivity contribution in [2.75, 3.05) is 12.3 Å². The van der Waals surface area contributed by atoms with E-state index in [0.717, 1.165) is 11.1 Å². The first-order valence-corrected chi connectivity index (χ1v) is 8.20. The van der Waals surface area contributed by atoms with Crippen LogP contribution >= 0.6 is 11.3 Å². The fraction of sp³-hybridized carbons (Fsp3) is 0.250. The molecule has 1 heterocycles. The van der Waals surface area contributed by atoms with Crippen molar-refractivity contribution in [1.29, 1.82) is 0 Å². The minimum Gasteiger partial charge on any atom is -0.398 e. The van der Waals surface area contributed by atoms with Gasteiger partial charge in [0.2, 0.25) is 10.0 Å². The third kappa shape index (κ3) is 3.33. The normalized spacial score (nSPS) is 11.7. The SMILES string of the molecule is Cc1c(N)cc(S(=O)(=O)NCCc2nccs2)cc1F. The number of nitrogens with one attached hydrogen (secondary N) is 1. The van der Waals surface area contributed by atoms with Crippen molar-refractivity contribution in [2.24, 2.45) is 0 Å². The first-order valence-electron chi connectivity index (χ1n) is 5.84. The number of thiazole rings is 1. The topological polar surface area (TPSA) is 85.1 Å². The molecule has 0 aliphatic heterocycles. The number of halogens is 1. The lowest BCUT2D eigenvalue weighted by Gasteiger charge is -2.09. The van der Waals surface area contributed by atoms with Gasteiger partial charge in [0, 0.05) is 35.8 Å². The number of aromatic nitrogens is 1. The zero-order valence-electron chi connectivity index (χ0n) is 10.8. The predicted molar refractivity (Wildman–Crippen MR) is 76.6 cm³/mol. The number of benzene rings is 1. The number of rotatable bonds is 5. The molecule has 5 nitrogen and oxygen atoms in total. The molecule has 0 fully saturated rings. The molecule has 20 heavy (non-hydrogen) atoms. The Kier molecular flexibility index (Phi) is 4.36. The van der Waals surface area contributed by atoms with Crippen LogP contribution in [0.4, 0.5) is 10.1 Å². The minimum atomic E-state index is -3.77. The highest BCUT2D eigenvalue weighted by Crippen LogP contribution is 2.20. The summed E-state index contributed by atoms with van der Waals surface area (Å²) in [5.74, 6) is -0.634. The Morgan fingerprint density at radius 1 is 1.45 bits per heavy atom. The largest absolute Gasteiger partial charge is 0.398 e. The lowest BCUT2D eigenvalue weighted by atomic mass is 10.2. The van der Waals surface area contributed by atoms with Crippen LogP contribution in [0.1, 0.15) is 10.6 Å². The van der Waals surface area contributed by atoms with E-state index in [9.17, 15) is 12.8 Å². The van der Waals surface area contributed by atoms with E-state index >= 15 is 0 Å². The van der Waals surface area contributed by atoms with Crippen LogP contribution in [0.25, 0.3) is 0 Å². The number of nitrogen functional groups attached to an aromatic ring is 1. The van der Waals surface area contributed by atoms with Crippen LogP contribution in [-0.2, 0) is 16.4 Å². The monoisotopic (exact) mass is 315 g/mol. The van der Waals surface area contributed by atoms with Gasteiger partial charge < -0.3 is 5.73 Å². The lowest BCUT2D eigenvalue weighted by molar-refractivity contribution is 0.577. The standard InChI is InChI=1S/C12H14FN3O2S2/c1-8-10(13)6-9(7-11(8)14)20(17,18)16-3-2-12-15-4-5-19-12/h4-7,16H,2-3,14H2,1H3. The number of sulfonamides is 1. The number of anilines is 1. The average molecular weight is 315 g/mol. The minimum absolute atomic E-state index is 0.116. The second kappa shape index (κ2) is 5.86. The second-order valence-electron chi connectivity index (χ2n) is 4.19. The number of nitrogens with zero attached hydrogens (tertiary/aromatic N) is 1. The summed E-state index contributed by atoms with van der Waals surface area (Å²) in [5, 5.41) is 2.65. The molecule has 0 radical (unpaired) electrons. The van der Waals surface area contributed by atoms with Crippen molar-refractivity contribution < 1.29 is 12.8 Å². The van der Waals surface area contributed by atoms with Crippen molar-refractivity contribution in [3.05, 3.63) is 40.1 Å². The Balaban J connectivity index is 2.10. The van der Waals surface area contributed by atoms with E-state index in [1.165, 1.54) is 24.3 Å². The van der Waals surface area contributed by atoms with E-state index in [2.05, 4.69) is 9.71 Å². The molecule has 2 rings (SSSR count). The Hall–Kier alpha value is -1.51. The van der Waals surface area contributed by atoms with Gasteiger partial charge in [0.05, 0.1) is 9.90 Å². The van der Waals surface area contributed by atoms with Crippen molar-refractivity contribution in [2.45, 2.75) is 18.2 Å². The van der Waals surface area contributed by atoms with Crippen molar-refractivity contribution in [3.8, 4) is 0 Å². The van der Waals surface area contributed by atoms with Gasteiger partial charge >= 0.3 is 0 Å². The molecule has 0 saturated heterocycles. The van der Waals surface area contributed by atoms with Gasteiger partial charge in [-0.1, -0.05) is 0 Å². The van der Waals surface area contributed by atoms with Gasteiger partial charge in [-0.25, -0.2) is 22.5 Å². The molecule has 3 N–H and O–H groups in total. The Labute approximate surface area is 120 Å². The highest BCUT2D eigenvalue weighted by molar-refractivity contribution is 7.89. The molecule has 2 aromatic rings. The third-order valence-corrected chi connectivity index (χ3v) is 5.06. The van der Waals surface area contributed by atoms with Crippen LogP contribution in [-0.4, -0.2) is 19.9 Å². The summed E-state index contributed by atoms with van der Waals surface area (Å²) in [4.78, 5) is 3.88. The van der Waals surface area contributed by atoms with Gasteiger partial charge in [-0.2, -0.15) is 0 Å². The molecular formula is C12H14FN3O2S2. The molecule has 1 aromatic carbocycles. The highest BCUT2D eigenvalue weighted by Gasteiger charge is 2.17. The lowest BCUT2D eigenvalue weighted by Crippen LogP contribution is -2.26. The van der Waals surface area contributed by atoms with Gasteiger partial charge in [-0.05, 0) is 19.1 Å². The highest BCUT2D eigenvalue weighted by atomic mass is 32.2. The number of nitrogens with two attached hydrogens (primary N) is 1. The summed E-state index contributed by atoms with van der Waals surface area (Å²) >= 11 is 1.45. The fourth-order valence-corrected chi connectivity index (χ4v) is 3.28. The summed E-state index contributed by atoms with van der Waals surface area (Å²) in [6.45, 7) is 1.70. The second-order valence-corrected chi connectivity index (χ2v) is 6.94. The third-order valence-electron chi connectivity index (χ3n) is 2.78. The molecule has 8 heteroatoms. The molecule has 0 saturated carbocycles. The maximum absolute atomic E-state index is 13.5. The van der Waals surface area contributed by atoms with Crippen LogP contribution in [0.3, 0.4) is 0 Å². The summed E-state index contributed by atoms with van der Waals surface area (Å²) in [6, 6.07) is 2.22. The summed E-state index contributed by atoms with van der Waals surface area (Å²) in [5.41, 5.74) is 5.94. The zero-order chi connectivity index (χ0) is 14.8. The Bertz CT molecular complexity index is 676. The molecule has 0 aliphatic rings. The van der Waals surface area contributed by atoms with E-state index < -0.39 is 15.8 Å². The Morgan fingerprint density at radius 2 is 2.20 bits per heavy atom. The van der Waals surface area contributed by atoms with Gasteiger partial charge in [-0.3, -0.25) is 0 Å². The van der Waals surface area contributed by atoms with Gasteiger partial charge in [0.25, 0.3) is 0 Å². The van der Waals surface area contributed by atoms with Gasteiger partial charge in [-0.15, -0.1) is 11.3 Å². The molecule has 0 bridgehead atoms. The number of hydrogen-bond donors (Lipinski definition) is 2. The fourth-order valence-electron chi connectivity index (χ4n) is 1.58. The van der Waals surface area contributed by atoms with Crippen LogP contribution in [0.5, 0.6) is 0 Å². The maximum atomic E-state index is 13.5. The van der Waals surface area contributed by atoms with E-state index in [1.807, 2.05) is 5.38 Å². The molecular weight excluding hydrogens is 301 g/mol. The smallest absolute Gasteiger partial charge is 0.240 e. The first kappa shape index (κ1) is 14.9. The zero-order valence-corrected chi connectivity index (χ0v) is 12.4. The van der Waals surface area contributed by atoms with E-state index in [1.54, 1.807) is 6.20 Å². The van der Waals surface area contributed by atoms with E-state index in [4.69, 9.17) is 5.73 Å². The molecule has 0 spiro atoms. The number of hydrogen-bond acceptors (Lipinski definition) is 5. The predicted octanol–water partition coefficient (Wildman–Crippen LogP) is 1.69. The average Bonchev–Trinajstić information content (AvgIpc) is 2.88. The maximum Gasteiger partial charge on any atom is 0.240 e. The summed E-state index contributed by atoms with van der Waals surface area (Å²) in [6.07, 6.45) is 2.14. The quantitative estimate of drug-likeness (QED) is 0.822. The Morgan fingerprint density at radius 3 is 2.80 bits per heavy atom. The summed E-state index contributed by atoms with van der Waals surface area (Å²) in [7, 11) is -3.77. The molecule has 0 atom stereocenters. The van der Waals surface area contributed by atoms with Crippen LogP contribution in [0, 0.1) is 12.7 Å². The van der Waals surface area contributed by atoms with Gasteiger partial charge in [0.1, 0.15) is 5.82 Å². The molecule has 1 aromatic heterocycles. The first-order chi connectivity index (χ1) is 9.40. The van der Waals surface area contributed by atoms with Crippen molar-refractivity contribution in [1.82, 2.24) is 9.71 Å². The van der Waals surface area contributed by atoms with Crippen molar-refractivity contribution in [3.63, 3.8) is 0 Å². The van der Waals surface area contributed by atoms with Crippen LogP contribution in [0.15, 0.2) is 28.6 Å². The molecule has 0 unspecified atom stereocenters. The van der Waals surface area contributed by atoms with E-state index in [0.29, 0.717) is 6.42 Å². The van der Waals surface area contributed by atoms with Crippen molar-refractivity contribution >= 4 is 27.0 Å². The molecule has 0 aliphatic carbocycles. The molecule has 0 amide bonds. The van der Waals surface area contributed by atoms with Crippen LogP contribution in [0.2, 0.25) is 0 Å². The van der Waals surface area contributed by atoms with E-state index in [-0.39, 0.29) is 22.7 Å².